The Morgan fingerprint density at radius 2 is 2.35 bits per heavy atom. The lowest BCUT2D eigenvalue weighted by Gasteiger charge is -2.14. The maximum Gasteiger partial charge on any atom is 0.295 e. The number of amides is 1. The van der Waals surface area contributed by atoms with Crippen LogP contribution in [0.15, 0.2) is 17.4 Å². The number of nitrogens with one attached hydrogen (secondary N) is 1. The Kier molecular flexibility index (Phi) is 3.63. The van der Waals surface area contributed by atoms with Gasteiger partial charge in [0, 0.05) is 5.38 Å². The summed E-state index contributed by atoms with van der Waals surface area (Å²) in [4.78, 5) is 16.0. The number of ether oxygens (including phenoxy) is 2. The number of anilines is 1. The van der Waals surface area contributed by atoms with E-state index in [2.05, 4.69) is 24.1 Å². The Labute approximate surface area is 103 Å². The SMILES string of the molecule is CC(C)c1csc(NC(=O)C2=COCCO2)n1. The van der Waals surface area contributed by atoms with E-state index in [0.717, 1.165) is 5.69 Å². The summed E-state index contributed by atoms with van der Waals surface area (Å²) in [5, 5.41) is 5.20. The first kappa shape index (κ1) is 11.9. The molecule has 0 spiro atoms. The van der Waals surface area contributed by atoms with Crippen molar-refractivity contribution in [3.05, 3.63) is 23.1 Å². The molecular weight excluding hydrogens is 240 g/mol. The van der Waals surface area contributed by atoms with Crippen molar-refractivity contribution in [2.75, 3.05) is 18.5 Å². The second kappa shape index (κ2) is 5.18. The highest BCUT2D eigenvalue weighted by Gasteiger charge is 2.16. The predicted octanol–water partition coefficient (Wildman–Crippen LogP) is 2.09. The minimum Gasteiger partial charge on any atom is -0.494 e. The van der Waals surface area contributed by atoms with Crippen molar-refractivity contribution >= 4 is 22.4 Å². The zero-order chi connectivity index (χ0) is 12.3. The van der Waals surface area contributed by atoms with E-state index < -0.39 is 0 Å². The van der Waals surface area contributed by atoms with E-state index >= 15 is 0 Å². The molecule has 0 saturated carbocycles. The lowest BCUT2D eigenvalue weighted by Crippen LogP contribution is -2.21. The van der Waals surface area contributed by atoms with Crippen LogP contribution in [0.1, 0.15) is 25.5 Å². The van der Waals surface area contributed by atoms with Gasteiger partial charge in [0.05, 0.1) is 5.69 Å². The fourth-order valence-corrected chi connectivity index (χ4v) is 2.12. The highest BCUT2D eigenvalue weighted by atomic mass is 32.1. The Morgan fingerprint density at radius 1 is 1.53 bits per heavy atom. The number of aromatic nitrogens is 1. The summed E-state index contributed by atoms with van der Waals surface area (Å²) in [5.74, 6) is 0.220. The van der Waals surface area contributed by atoms with Gasteiger partial charge in [0.25, 0.3) is 5.91 Å². The van der Waals surface area contributed by atoms with Gasteiger partial charge in [-0.25, -0.2) is 4.98 Å². The van der Waals surface area contributed by atoms with Crippen LogP contribution in [-0.4, -0.2) is 24.1 Å². The first-order valence-electron chi connectivity index (χ1n) is 5.38. The summed E-state index contributed by atoms with van der Waals surface area (Å²) in [6.45, 7) is 4.99. The molecule has 1 aliphatic heterocycles. The molecule has 1 aliphatic rings. The van der Waals surface area contributed by atoms with Gasteiger partial charge in [0.1, 0.15) is 19.5 Å². The minimum atomic E-state index is -0.325. The average Bonchev–Trinajstić information content (AvgIpc) is 2.79. The van der Waals surface area contributed by atoms with Gasteiger partial charge < -0.3 is 9.47 Å². The standard InChI is InChI=1S/C11H14N2O3S/c1-7(2)8-6-17-11(12-8)13-10(14)9-5-15-3-4-16-9/h5-7H,3-4H2,1-2H3,(H,12,13,14). The minimum absolute atomic E-state index is 0.192. The van der Waals surface area contributed by atoms with Crippen molar-refractivity contribution < 1.29 is 14.3 Å². The summed E-state index contributed by atoms with van der Waals surface area (Å²) in [6.07, 6.45) is 1.33. The van der Waals surface area contributed by atoms with Gasteiger partial charge in [-0.15, -0.1) is 11.3 Å². The van der Waals surface area contributed by atoms with Crippen molar-refractivity contribution in [2.45, 2.75) is 19.8 Å². The highest BCUT2D eigenvalue weighted by molar-refractivity contribution is 7.14. The maximum absolute atomic E-state index is 11.7. The molecule has 17 heavy (non-hydrogen) atoms. The predicted molar refractivity (Wildman–Crippen MR) is 64.8 cm³/mol. The molecule has 1 aromatic heterocycles. The molecule has 1 aromatic rings. The molecule has 0 radical (unpaired) electrons. The van der Waals surface area contributed by atoms with Crippen molar-refractivity contribution in [1.82, 2.24) is 4.98 Å². The van der Waals surface area contributed by atoms with Crippen molar-refractivity contribution in [3.8, 4) is 0 Å². The molecule has 6 heteroatoms. The monoisotopic (exact) mass is 254 g/mol. The molecule has 1 N–H and O–H groups in total. The van der Waals surface area contributed by atoms with Crippen LogP contribution >= 0.6 is 11.3 Å². The Hall–Kier alpha value is -1.56. The van der Waals surface area contributed by atoms with E-state index in [9.17, 15) is 4.79 Å². The van der Waals surface area contributed by atoms with Gasteiger partial charge >= 0.3 is 0 Å². The third kappa shape index (κ3) is 2.97. The van der Waals surface area contributed by atoms with Gasteiger partial charge in [-0.3, -0.25) is 10.1 Å². The van der Waals surface area contributed by atoms with Gasteiger partial charge in [-0.2, -0.15) is 0 Å². The molecule has 0 fully saturated rings. The number of nitrogens with zero attached hydrogens (tertiary/aromatic N) is 1. The molecule has 0 bridgehead atoms. The quantitative estimate of drug-likeness (QED) is 0.897. The lowest BCUT2D eigenvalue weighted by atomic mass is 10.2. The molecule has 2 heterocycles. The Balaban J connectivity index is 2.00. The zero-order valence-electron chi connectivity index (χ0n) is 9.73. The number of hydrogen-bond acceptors (Lipinski definition) is 5. The third-order valence-electron chi connectivity index (χ3n) is 2.21. The Morgan fingerprint density at radius 3 is 2.94 bits per heavy atom. The second-order valence-electron chi connectivity index (χ2n) is 3.89. The summed E-state index contributed by atoms with van der Waals surface area (Å²) in [7, 11) is 0. The van der Waals surface area contributed by atoms with Gasteiger partial charge in [0.15, 0.2) is 5.13 Å². The van der Waals surface area contributed by atoms with Crippen molar-refractivity contribution in [2.24, 2.45) is 0 Å². The molecule has 0 unspecified atom stereocenters. The van der Waals surface area contributed by atoms with Crippen LogP contribution < -0.4 is 5.32 Å². The largest absolute Gasteiger partial charge is 0.494 e. The van der Waals surface area contributed by atoms with Crippen LogP contribution in [-0.2, 0) is 14.3 Å². The van der Waals surface area contributed by atoms with E-state index in [1.54, 1.807) is 0 Å². The van der Waals surface area contributed by atoms with E-state index in [1.165, 1.54) is 17.6 Å². The van der Waals surface area contributed by atoms with Crippen molar-refractivity contribution in [1.29, 1.82) is 0 Å². The van der Waals surface area contributed by atoms with E-state index in [0.29, 0.717) is 24.3 Å². The molecule has 0 atom stereocenters. The number of rotatable bonds is 3. The van der Waals surface area contributed by atoms with E-state index in [4.69, 9.17) is 9.47 Å². The second-order valence-corrected chi connectivity index (χ2v) is 4.75. The van der Waals surface area contributed by atoms with Crippen LogP contribution in [0.3, 0.4) is 0 Å². The van der Waals surface area contributed by atoms with Crippen LogP contribution in [0.4, 0.5) is 5.13 Å². The fourth-order valence-electron chi connectivity index (χ4n) is 1.25. The number of hydrogen-bond donors (Lipinski definition) is 1. The summed E-state index contributed by atoms with van der Waals surface area (Å²) >= 11 is 1.40. The highest BCUT2D eigenvalue weighted by Crippen LogP contribution is 2.22. The molecule has 0 aliphatic carbocycles. The zero-order valence-corrected chi connectivity index (χ0v) is 10.5. The van der Waals surface area contributed by atoms with Crippen LogP contribution in [0, 0.1) is 0 Å². The summed E-state index contributed by atoms with van der Waals surface area (Å²) in [6, 6.07) is 0. The smallest absolute Gasteiger partial charge is 0.295 e. The molecular formula is C11H14N2O3S. The average molecular weight is 254 g/mol. The van der Waals surface area contributed by atoms with Gasteiger partial charge in [0.2, 0.25) is 5.76 Å². The maximum atomic E-state index is 11.7. The first-order valence-corrected chi connectivity index (χ1v) is 6.26. The lowest BCUT2D eigenvalue weighted by molar-refractivity contribution is -0.117. The van der Waals surface area contributed by atoms with Crippen LogP contribution in [0.25, 0.3) is 0 Å². The van der Waals surface area contributed by atoms with E-state index in [-0.39, 0.29) is 11.7 Å². The fraction of sp³-hybridized carbons (Fsp3) is 0.455. The normalized spacial score (nSPS) is 14.9. The molecule has 92 valence electrons. The molecule has 5 nitrogen and oxygen atoms in total. The van der Waals surface area contributed by atoms with Crippen LogP contribution in [0.2, 0.25) is 0 Å². The molecule has 0 saturated heterocycles. The third-order valence-corrected chi connectivity index (χ3v) is 2.98. The number of carbonyl (C=O) groups excluding carboxylic acids is 1. The van der Waals surface area contributed by atoms with E-state index in [1.807, 2.05) is 5.38 Å². The van der Waals surface area contributed by atoms with Gasteiger partial charge in [-0.05, 0) is 5.92 Å². The van der Waals surface area contributed by atoms with Crippen molar-refractivity contribution in [3.63, 3.8) is 0 Å². The molecule has 1 amide bonds. The topological polar surface area (TPSA) is 60.5 Å². The first-order chi connectivity index (χ1) is 8.16. The van der Waals surface area contributed by atoms with Crippen LogP contribution in [0.5, 0.6) is 0 Å². The number of thiazole rings is 1. The number of carbonyl (C=O) groups is 1. The van der Waals surface area contributed by atoms with Gasteiger partial charge in [-0.1, -0.05) is 13.8 Å². The molecule has 0 aromatic carbocycles. The Bertz CT molecular complexity index is 440. The summed E-state index contributed by atoms with van der Waals surface area (Å²) < 4.78 is 10.2. The summed E-state index contributed by atoms with van der Waals surface area (Å²) in [5.41, 5.74) is 0.972. The molecule has 2 rings (SSSR count).